The van der Waals surface area contributed by atoms with Crippen molar-refractivity contribution in [3.8, 4) is 0 Å². The highest BCUT2D eigenvalue weighted by Gasteiger charge is 2.41. The van der Waals surface area contributed by atoms with Crippen LogP contribution in [0.1, 0.15) is 87.6 Å². The molecule has 2 fully saturated rings. The van der Waals surface area contributed by atoms with Gasteiger partial charge >= 0.3 is 5.97 Å². The molecule has 152 valence electrons. The van der Waals surface area contributed by atoms with E-state index in [9.17, 15) is 4.79 Å². The first-order valence-corrected chi connectivity index (χ1v) is 10.7. The Morgan fingerprint density at radius 3 is 2.30 bits per heavy atom. The van der Waals surface area contributed by atoms with Gasteiger partial charge in [-0.15, -0.1) is 0 Å². The highest BCUT2D eigenvalue weighted by Crippen LogP contribution is 2.33. The summed E-state index contributed by atoms with van der Waals surface area (Å²) in [7, 11) is 0. The van der Waals surface area contributed by atoms with Gasteiger partial charge in [-0.1, -0.05) is 38.5 Å². The van der Waals surface area contributed by atoms with Crippen LogP contribution < -0.4 is 17.0 Å². The van der Waals surface area contributed by atoms with Gasteiger partial charge in [0.2, 0.25) is 0 Å². The first-order chi connectivity index (χ1) is 12.5. The fraction of sp³-hybridized carbons (Fsp3) is 0.696. The number of nitrogens with zero attached hydrogens (tertiary/aromatic N) is 1. The van der Waals surface area contributed by atoms with Crippen molar-refractivity contribution in [1.29, 1.82) is 0 Å². The van der Waals surface area contributed by atoms with Crippen molar-refractivity contribution in [3.05, 3.63) is 35.4 Å². The second kappa shape index (κ2) is 10.1. The molecule has 1 atom stereocenters. The van der Waals surface area contributed by atoms with Gasteiger partial charge in [-0.25, -0.2) is 4.79 Å². The first kappa shape index (κ1) is 22.4. The van der Waals surface area contributed by atoms with Gasteiger partial charge in [-0.05, 0) is 50.2 Å². The van der Waals surface area contributed by atoms with E-state index in [2.05, 4.69) is 20.8 Å². The molecule has 2 aliphatic rings. The minimum absolute atomic E-state index is 0. The summed E-state index contributed by atoms with van der Waals surface area (Å²) in [5.74, 6) is 0.177. The average Bonchev–Trinajstić information content (AvgIpc) is 3.12. The molecule has 1 aliphatic heterocycles. The SMILES string of the molecule is CC(C[N+]1(C2CCCCC2)CCCC1)OC(=O)c1ccccc1C(C)C.[Br-]. The van der Waals surface area contributed by atoms with E-state index >= 15 is 0 Å². The zero-order valence-corrected chi connectivity index (χ0v) is 18.8. The first-order valence-electron chi connectivity index (χ1n) is 10.7. The van der Waals surface area contributed by atoms with Crippen molar-refractivity contribution in [1.82, 2.24) is 0 Å². The van der Waals surface area contributed by atoms with Crippen LogP contribution >= 0.6 is 0 Å². The molecule has 0 spiro atoms. The van der Waals surface area contributed by atoms with Crippen molar-refractivity contribution >= 4 is 5.97 Å². The Hall–Kier alpha value is -0.870. The molecule has 1 heterocycles. The van der Waals surface area contributed by atoms with Gasteiger partial charge in [-0.3, -0.25) is 0 Å². The van der Waals surface area contributed by atoms with Crippen molar-refractivity contribution in [2.75, 3.05) is 19.6 Å². The fourth-order valence-electron chi connectivity index (χ4n) is 5.27. The highest BCUT2D eigenvalue weighted by atomic mass is 79.9. The average molecular weight is 438 g/mol. The van der Waals surface area contributed by atoms with Crippen molar-refractivity contribution in [2.24, 2.45) is 0 Å². The van der Waals surface area contributed by atoms with Crippen LogP contribution in [-0.2, 0) is 4.74 Å². The molecule has 3 rings (SSSR count). The number of quaternary nitrogens is 1. The predicted octanol–water partition coefficient (Wildman–Crippen LogP) is 2.30. The Labute approximate surface area is 175 Å². The number of benzene rings is 1. The van der Waals surface area contributed by atoms with E-state index in [0.29, 0.717) is 5.92 Å². The molecule has 1 unspecified atom stereocenters. The molecule has 1 aliphatic carbocycles. The zero-order valence-electron chi connectivity index (χ0n) is 17.3. The van der Waals surface area contributed by atoms with Crippen molar-refractivity contribution in [2.45, 2.75) is 83.8 Å². The van der Waals surface area contributed by atoms with Gasteiger partial charge in [-0.2, -0.15) is 0 Å². The number of esters is 1. The molecule has 0 amide bonds. The standard InChI is InChI=1S/C23H36NO2.BrH/c1-18(2)21-13-7-8-14-22(21)23(25)26-19(3)17-24(15-9-10-16-24)20-11-5-4-6-12-20;/h7-8,13-14,18-20H,4-6,9-12,15-17H2,1-3H3;1H/q+1;/p-1. The Morgan fingerprint density at radius 2 is 1.67 bits per heavy atom. The number of hydrogen-bond donors (Lipinski definition) is 0. The van der Waals surface area contributed by atoms with Gasteiger partial charge in [0.1, 0.15) is 12.6 Å². The Morgan fingerprint density at radius 1 is 1.04 bits per heavy atom. The van der Waals surface area contributed by atoms with E-state index in [1.54, 1.807) is 0 Å². The summed E-state index contributed by atoms with van der Waals surface area (Å²) in [6.07, 6.45) is 9.49. The lowest BCUT2D eigenvalue weighted by Crippen LogP contribution is -3.00. The monoisotopic (exact) mass is 437 g/mol. The Balaban J connectivity index is 0.00000261. The van der Waals surface area contributed by atoms with Gasteiger partial charge in [0.05, 0.1) is 24.7 Å². The van der Waals surface area contributed by atoms with Gasteiger partial charge < -0.3 is 26.2 Å². The lowest BCUT2D eigenvalue weighted by molar-refractivity contribution is -0.944. The smallest absolute Gasteiger partial charge is 0.338 e. The molecular weight excluding hydrogens is 402 g/mol. The van der Waals surface area contributed by atoms with E-state index in [1.807, 2.05) is 24.3 Å². The second-order valence-electron chi connectivity index (χ2n) is 8.81. The number of carbonyl (C=O) groups excluding carboxylic acids is 1. The summed E-state index contributed by atoms with van der Waals surface area (Å²) in [4.78, 5) is 12.8. The number of likely N-dealkylation sites (tertiary alicyclic amines) is 1. The molecule has 1 saturated carbocycles. The highest BCUT2D eigenvalue weighted by molar-refractivity contribution is 5.91. The van der Waals surface area contributed by atoms with Gasteiger partial charge in [0.15, 0.2) is 0 Å². The molecule has 4 heteroatoms. The van der Waals surface area contributed by atoms with Crippen LogP contribution in [0.5, 0.6) is 0 Å². The topological polar surface area (TPSA) is 26.3 Å². The van der Waals surface area contributed by atoms with Gasteiger partial charge in [0.25, 0.3) is 0 Å². The van der Waals surface area contributed by atoms with Crippen molar-refractivity contribution < 1.29 is 31.0 Å². The largest absolute Gasteiger partial charge is 1.00 e. The van der Waals surface area contributed by atoms with E-state index in [0.717, 1.165) is 23.7 Å². The number of ether oxygens (including phenoxy) is 1. The van der Waals surface area contributed by atoms with E-state index in [1.165, 1.54) is 62.5 Å². The third-order valence-electron chi connectivity index (χ3n) is 6.54. The predicted molar refractivity (Wildman–Crippen MR) is 106 cm³/mol. The maximum Gasteiger partial charge on any atom is 0.338 e. The minimum Gasteiger partial charge on any atom is -1.00 e. The van der Waals surface area contributed by atoms with Gasteiger partial charge in [0, 0.05) is 12.8 Å². The maximum absolute atomic E-state index is 12.8. The number of rotatable bonds is 6. The summed E-state index contributed by atoms with van der Waals surface area (Å²) >= 11 is 0. The second-order valence-corrected chi connectivity index (χ2v) is 8.81. The maximum atomic E-state index is 12.8. The summed E-state index contributed by atoms with van der Waals surface area (Å²) in [5.41, 5.74) is 1.82. The van der Waals surface area contributed by atoms with Crippen LogP contribution in [0, 0.1) is 0 Å². The van der Waals surface area contributed by atoms with Crippen LogP contribution in [0.25, 0.3) is 0 Å². The lowest BCUT2D eigenvalue weighted by Gasteiger charge is -2.44. The molecule has 27 heavy (non-hydrogen) atoms. The molecular formula is C23H36BrNO2. The molecule has 1 saturated heterocycles. The van der Waals surface area contributed by atoms with E-state index in [4.69, 9.17) is 4.74 Å². The van der Waals surface area contributed by atoms with E-state index in [-0.39, 0.29) is 29.1 Å². The molecule has 0 aromatic heterocycles. The summed E-state index contributed by atoms with van der Waals surface area (Å²) in [6.45, 7) is 9.88. The summed E-state index contributed by atoms with van der Waals surface area (Å²) < 4.78 is 7.15. The van der Waals surface area contributed by atoms with Crippen LogP contribution in [0.3, 0.4) is 0 Å². The number of carbonyl (C=O) groups is 1. The van der Waals surface area contributed by atoms with E-state index < -0.39 is 0 Å². The number of hydrogen-bond acceptors (Lipinski definition) is 2. The number of halogens is 1. The van der Waals surface area contributed by atoms with Crippen LogP contribution in [0.4, 0.5) is 0 Å². The molecule has 1 aromatic rings. The summed E-state index contributed by atoms with van der Waals surface area (Å²) in [6, 6.07) is 8.68. The normalized spacial score (nSPS) is 20.9. The molecule has 1 aromatic carbocycles. The Bertz CT molecular complexity index is 604. The third kappa shape index (κ3) is 5.35. The summed E-state index contributed by atoms with van der Waals surface area (Å²) in [5, 5.41) is 0. The van der Waals surface area contributed by atoms with Crippen LogP contribution in [0.15, 0.2) is 24.3 Å². The quantitative estimate of drug-likeness (QED) is 0.504. The van der Waals surface area contributed by atoms with Crippen LogP contribution in [-0.4, -0.2) is 42.2 Å². The van der Waals surface area contributed by atoms with Crippen LogP contribution in [0.2, 0.25) is 0 Å². The molecule has 0 radical (unpaired) electrons. The third-order valence-corrected chi connectivity index (χ3v) is 6.54. The van der Waals surface area contributed by atoms with Crippen molar-refractivity contribution in [3.63, 3.8) is 0 Å². The zero-order chi connectivity index (χ0) is 18.6. The fourth-order valence-corrected chi connectivity index (χ4v) is 5.27. The molecule has 0 bridgehead atoms. The minimum atomic E-state index is -0.150. The lowest BCUT2D eigenvalue weighted by atomic mass is 9.92. The Kier molecular flexibility index (Phi) is 8.36. The molecule has 0 N–H and O–H groups in total. The molecule has 3 nitrogen and oxygen atoms in total.